The molecule has 1 fully saturated rings. The molecule has 1 aromatic rings. The monoisotopic (exact) mass is 364 g/mol. The van der Waals surface area contributed by atoms with Crippen LogP contribution in [-0.4, -0.2) is 47.4 Å². The van der Waals surface area contributed by atoms with Crippen LogP contribution in [0.15, 0.2) is 24.3 Å². The molecule has 142 valence electrons. The lowest BCUT2D eigenvalue weighted by atomic mass is 9.89. The number of aliphatic carboxylic acids is 1. The molecule has 1 saturated heterocycles. The smallest absolute Gasteiger partial charge is 0.309 e. The summed E-state index contributed by atoms with van der Waals surface area (Å²) < 4.78 is 13.0. The van der Waals surface area contributed by atoms with E-state index < -0.39 is 17.2 Å². The van der Waals surface area contributed by atoms with Gasteiger partial charge < -0.3 is 15.3 Å². The van der Waals surface area contributed by atoms with Crippen molar-refractivity contribution in [3.63, 3.8) is 0 Å². The molecular formula is C19H25FN2O4. The Balaban J connectivity index is 1.89. The molecule has 0 aromatic heterocycles. The average Bonchev–Trinajstić information content (AvgIpc) is 2.61. The van der Waals surface area contributed by atoms with Crippen molar-refractivity contribution in [1.82, 2.24) is 10.2 Å². The summed E-state index contributed by atoms with van der Waals surface area (Å²) in [6.07, 6.45) is 1.73. The molecule has 1 heterocycles. The quantitative estimate of drug-likeness (QED) is 0.811. The third-order valence-corrected chi connectivity index (χ3v) is 4.80. The van der Waals surface area contributed by atoms with Crippen LogP contribution in [0, 0.1) is 17.2 Å². The second-order valence-electron chi connectivity index (χ2n) is 7.33. The number of carbonyl (C=O) groups excluding carboxylic acids is 2. The van der Waals surface area contributed by atoms with Crippen molar-refractivity contribution >= 4 is 17.8 Å². The number of likely N-dealkylation sites (tertiary alicyclic amines) is 1. The lowest BCUT2D eigenvalue weighted by Crippen LogP contribution is -2.46. The molecule has 2 amide bonds. The Kier molecular flexibility index (Phi) is 6.34. The molecule has 1 aromatic carbocycles. The number of piperidine rings is 1. The molecule has 0 aliphatic carbocycles. The maximum Gasteiger partial charge on any atom is 0.309 e. The Labute approximate surface area is 152 Å². The SMILES string of the molecule is CC(C)(CCNC(=O)C1CCCN(C(=O)c2ccc(F)cc2)C1)C(=O)O. The van der Waals surface area contributed by atoms with Crippen LogP contribution in [0.4, 0.5) is 4.39 Å². The fraction of sp³-hybridized carbons (Fsp3) is 0.526. The summed E-state index contributed by atoms with van der Waals surface area (Å²) in [6, 6.07) is 5.36. The van der Waals surface area contributed by atoms with E-state index in [1.165, 1.54) is 24.3 Å². The number of amides is 2. The third-order valence-electron chi connectivity index (χ3n) is 4.80. The zero-order chi connectivity index (χ0) is 19.3. The van der Waals surface area contributed by atoms with Gasteiger partial charge in [-0.25, -0.2) is 4.39 Å². The van der Waals surface area contributed by atoms with E-state index in [1.54, 1.807) is 18.7 Å². The van der Waals surface area contributed by atoms with E-state index in [0.717, 1.165) is 0 Å². The van der Waals surface area contributed by atoms with E-state index in [9.17, 15) is 18.8 Å². The van der Waals surface area contributed by atoms with Gasteiger partial charge in [-0.1, -0.05) is 0 Å². The summed E-state index contributed by atoms with van der Waals surface area (Å²) in [5.74, 6) is -2.00. The molecule has 26 heavy (non-hydrogen) atoms. The molecule has 6 nitrogen and oxygen atoms in total. The van der Waals surface area contributed by atoms with Crippen LogP contribution in [0.5, 0.6) is 0 Å². The maximum atomic E-state index is 13.0. The number of carboxylic acid groups (broad SMARTS) is 1. The zero-order valence-corrected chi connectivity index (χ0v) is 15.1. The van der Waals surface area contributed by atoms with Crippen molar-refractivity contribution in [1.29, 1.82) is 0 Å². The number of nitrogens with one attached hydrogen (secondary N) is 1. The van der Waals surface area contributed by atoms with Gasteiger partial charge in [0.05, 0.1) is 11.3 Å². The Bertz CT molecular complexity index is 673. The fourth-order valence-electron chi connectivity index (χ4n) is 2.90. The van der Waals surface area contributed by atoms with Crippen molar-refractivity contribution in [3.05, 3.63) is 35.6 Å². The third kappa shape index (κ3) is 5.03. The summed E-state index contributed by atoms with van der Waals surface area (Å²) >= 11 is 0. The van der Waals surface area contributed by atoms with Crippen molar-refractivity contribution in [2.45, 2.75) is 33.1 Å². The average molecular weight is 364 g/mol. The number of carbonyl (C=O) groups is 3. The molecule has 1 atom stereocenters. The number of benzene rings is 1. The number of hydrogen-bond donors (Lipinski definition) is 2. The van der Waals surface area contributed by atoms with Crippen molar-refractivity contribution in [3.8, 4) is 0 Å². The topological polar surface area (TPSA) is 86.7 Å². The van der Waals surface area contributed by atoms with E-state index in [0.29, 0.717) is 37.9 Å². The Morgan fingerprint density at radius 2 is 1.92 bits per heavy atom. The van der Waals surface area contributed by atoms with Crippen LogP contribution in [0.25, 0.3) is 0 Å². The van der Waals surface area contributed by atoms with Gasteiger partial charge in [0.25, 0.3) is 5.91 Å². The number of nitrogens with zero attached hydrogens (tertiary/aromatic N) is 1. The van der Waals surface area contributed by atoms with Gasteiger partial charge in [0, 0.05) is 25.2 Å². The molecule has 7 heteroatoms. The van der Waals surface area contributed by atoms with Gasteiger partial charge in [0.15, 0.2) is 0 Å². The second-order valence-corrected chi connectivity index (χ2v) is 7.33. The predicted octanol–water partition coefficient (Wildman–Crippen LogP) is 2.29. The highest BCUT2D eigenvalue weighted by molar-refractivity contribution is 5.94. The van der Waals surface area contributed by atoms with E-state index >= 15 is 0 Å². The summed E-state index contributed by atoms with van der Waals surface area (Å²) in [5, 5.41) is 11.9. The van der Waals surface area contributed by atoms with Crippen LogP contribution in [0.3, 0.4) is 0 Å². The lowest BCUT2D eigenvalue weighted by Gasteiger charge is -2.32. The van der Waals surface area contributed by atoms with Crippen molar-refractivity contribution in [2.24, 2.45) is 11.3 Å². The molecule has 1 unspecified atom stereocenters. The Morgan fingerprint density at radius 3 is 2.54 bits per heavy atom. The molecule has 0 bridgehead atoms. The summed E-state index contributed by atoms with van der Waals surface area (Å²) in [5.41, 5.74) is -0.500. The summed E-state index contributed by atoms with van der Waals surface area (Å²) in [4.78, 5) is 37.6. The van der Waals surface area contributed by atoms with Gasteiger partial charge in [-0.15, -0.1) is 0 Å². The highest BCUT2D eigenvalue weighted by Crippen LogP contribution is 2.21. The van der Waals surface area contributed by atoms with Gasteiger partial charge in [-0.05, 0) is 57.4 Å². The maximum absolute atomic E-state index is 13.0. The molecule has 0 radical (unpaired) electrons. The summed E-state index contributed by atoms with van der Waals surface area (Å²) in [6.45, 7) is 4.38. The zero-order valence-electron chi connectivity index (χ0n) is 15.1. The molecule has 0 saturated carbocycles. The fourth-order valence-corrected chi connectivity index (χ4v) is 2.90. The minimum Gasteiger partial charge on any atom is -0.481 e. The van der Waals surface area contributed by atoms with E-state index in [1.807, 2.05) is 0 Å². The number of rotatable bonds is 6. The van der Waals surface area contributed by atoms with Crippen LogP contribution in [-0.2, 0) is 9.59 Å². The van der Waals surface area contributed by atoms with Gasteiger partial charge in [0.2, 0.25) is 5.91 Å². The van der Waals surface area contributed by atoms with Gasteiger partial charge in [-0.3, -0.25) is 14.4 Å². The van der Waals surface area contributed by atoms with E-state index in [4.69, 9.17) is 5.11 Å². The molecule has 1 aliphatic rings. The van der Waals surface area contributed by atoms with Gasteiger partial charge in [0.1, 0.15) is 5.82 Å². The van der Waals surface area contributed by atoms with Gasteiger partial charge in [-0.2, -0.15) is 0 Å². The van der Waals surface area contributed by atoms with Gasteiger partial charge >= 0.3 is 5.97 Å². The molecule has 2 rings (SSSR count). The minimum absolute atomic E-state index is 0.164. The predicted molar refractivity (Wildman–Crippen MR) is 94.1 cm³/mol. The highest BCUT2D eigenvalue weighted by Gasteiger charge is 2.30. The number of halogens is 1. The van der Waals surface area contributed by atoms with Crippen molar-refractivity contribution < 1.29 is 23.9 Å². The van der Waals surface area contributed by atoms with Crippen LogP contribution >= 0.6 is 0 Å². The Morgan fingerprint density at radius 1 is 1.27 bits per heavy atom. The molecule has 1 aliphatic heterocycles. The van der Waals surface area contributed by atoms with E-state index in [-0.39, 0.29) is 24.3 Å². The first-order valence-electron chi connectivity index (χ1n) is 8.76. The normalized spacial score (nSPS) is 17.7. The first kappa shape index (κ1) is 19.9. The van der Waals surface area contributed by atoms with Crippen LogP contribution < -0.4 is 5.32 Å². The molecular weight excluding hydrogens is 339 g/mol. The first-order chi connectivity index (χ1) is 12.2. The highest BCUT2D eigenvalue weighted by atomic mass is 19.1. The number of carboxylic acids is 1. The minimum atomic E-state index is -0.902. The van der Waals surface area contributed by atoms with E-state index in [2.05, 4.69) is 5.32 Å². The lowest BCUT2D eigenvalue weighted by molar-refractivity contribution is -0.147. The first-order valence-corrected chi connectivity index (χ1v) is 8.76. The largest absolute Gasteiger partial charge is 0.481 e. The van der Waals surface area contributed by atoms with Crippen molar-refractivity contribution in [2.75, 3.05) is 19.6 Å². The second kappa shape index (κ2) is 8.29. The standard InChI is InChI=1S/C19H25FN2O4/c1-19(2,18(25)26)9-10-21-16(23)14-4-3-11-22(12-14)17(24)13-5-7-15(20)8-6-13/h5-8,14H,3-4,9-12H2,1-2H3,(H,21,23)(H,25,26). The molecule has 2 N–H and O–H groups in total. The number of hydrogen-bond acceptors (Lipinski definition) is 3. The van der Waals surface area contributed by atoms with Crippen LogP contribution in [0.2, 0.25) is 0 Å². The Hall–Kier alpha value is -2.44. The van der Waals surface area contributed by atoms with Crippen LogP contribution in [0.1, 0.15) is 43.5 Å². The summed E-state index contributed by atoms with van der Waals surface area (Å²) in [7, 11) is 0. The molecule has 0 spiro atoms.